The highest BCUT2D eigenvalue weighted by Gasteiger charge is 2.05. The molecule has 0 spiro atoms. The Labute approximate surface area is 105 Å². The van der Waals surface area contributed by atoms with Gasteiger partial charge < -0.3 is 9.47 Å². The van der Waals surface area contributed by atoms with Gasteiger partial charge in [0.2, 0.25) is 0 Å². The molecule has 0 unspecified atom stereocenters. The van der Waals surface area contributed by atoms with E-state index in [2.05, 4.69) is 4.98 Å². The largest absolute Gasteiger partial charge is 0.493 e. The number of carbonyl (C=O) groups excluding carboxylic acids is 1. The van der Waals surface area contributed by atoms with Crippen LogP contribution in [0.4, 0.5) is 0 Å². The molecule has 4 nitrogen and oxygen atoms in total. The van der Waals surface area contributed by atoms with Crippen LogP contribution in [0, 0.1) is 0 Å². The number of carbonyl (C=O) groups is 1. The fourth-order valence-corrected chi connectivity index (χ4v) is 1.52. The van der Waals surface area contributed by atoms with E-state index in [0.717, 1.165) is 11.8 Å². The molecule has 0 aliphatic heterocycles. The molecule has 0 saturated carbocycles. The van der Waals surface area contributed by atoms with E-state index in [1.165, 1.54) is 0 Å². The van der Waals surface area contributed by atoms with Crippen LogP contribution in [-0.2, 0) is 6.61 Å². The molecule has 18 heavy (non-hydrogen) atoms. The number of pyridine rings is 1. The molecule has 0 bridgehead atoms. The van der Waals surface area contributed by atoms with Gasteiger partial charge in [0, 0.05) is 18.0 Å². The summed E-state index contributed by atoms with van der Waals surface area (Å²) in [5.41, 5.74) is 1.56. The molecule has 1 aromatic heterocycles. The van der Waals surface area contributed by atoms with Crippen LogP contribution in [0.2, 0.25) is 0 Å². The van der Waals surface area contributed by atoms with Crippen molar-refractivity contribution >= 4 is 6.29 Å². The molecule has 1 heterocycles. The topological polar surface area (TPSA) is 48.4 Å². The molecule has 0 aliphatic rings. The average molecular weight is 243 g/mol. The van der Waals surface area contributed by atoms with Crippen molar-refractivity contribution in [1.29, 1.82) is 0 Å². The molecule has 2 rings (SSSR count). The monoisotopic (exact) mass is 243 g/mol. The van der Waals surface area contributed by atoms with Crippen molar-refractivity contribution in [2.45, 2.75) is 6.61 Å². The van der Waals surface area contributed by atoms with Crippen LogP contribution < -0.4 is 9.47 Å². The molecule has 0 radical (unpaired) electrons. The smallest absolute Gasteiger partial charge is 0.162 e. The molecule has 0 N–H and O–H groups in total. The predicted octanol–water partition coefficient (Wildman–Crippen LogP) is 2.48. The molecular weight excluding hydrogens is 230 g/mol. The van der Waals surface area contributed by atoms with Gasteiger partial charge in [-0.15, -0.1) is 0 Å². The Morgan fingerprint density at radius 1 is 1.17 bits per heavy atom. The van der Waals surface area contributed by atoms with E-state index in [4.69, 9.17) is 9.47 Å². The fourth-order valence-electron chi connectivity index (χ4n) is 1.52. The van der Waals surface area contributed by atoms with Crippen molar-refractivity contribution in [3.05, 3.63) is 53.9 Å². The molecule has 0 saturated heterocycles. The standard InChI is InChI=1S/C14H13NO3/c1-17-13-3-2-12(9-16)8-14(13)18-10-11-4-6-15-7-5-11/h2-9H,10H2,1H3. The van der Waals surface area contributed by atoms with Crippen LogP contribution >= 0.6 is 0 Å². The van der Waals surface area contributed by atoms with Crippen molar-refractivity contribution in [2.75, 3.05) is 7.11 Å². The summed E-state index contributed by atoms with van der Waals surface area (Å²) in [6, 6.07) is 8.80. The number of aromatic nitrogens is 1. The molecule has 1 aromatic carbocycles. The van der Waals surface area contributed by atoms with Crippen molar-refractivity contribution < 1.29 is 14.3 Å². The van der Waals surface area contributed by atoms with E-state index in [-0.39, 0.29) is 0 Å². The SMILES string of the molecule is COc1ccc(C=O)cc1OCc1ccncc1. The van der Waals surface area contributed by atoms with Crippen LogP contribution in [0.25, 0.3) is 0 Å². The molecule has 0 aliphatic carbocycles. The predicted molar refractivity (Wildman–Crippen MR) is 67.0 cm³/mol. The van der Waals surface area contributed by atoms with Crippen molar-refractivity contribution in [2.24, 2.45) is 0 Å². The van der Waals surface area contributed by atoms with Crippen LogP contribution in [0.15, 0.2) is 42.7 Å². The van der Waals surface area contributed by atoms with Gasteiger partial charge in [-0.1, -0.05) is 0 Å². The fraction of sp³-hybridized carbons (Fsp3) is 0.143. The lowest BCUT2D eigenvalue weighted by atomic mass is 10.2. The first-order valence-electron chi connectivity index (χ1n) is 5.48. The van der Waals surface area contributed by atoms with Gasteiger partial charge in [0.1, 0.15) is 12.9 Å². The van der Waals surface area contributed by atoms with Gasteiger partial charge in [0.05, 0.1) is 7.11 Å². The summed E-state index contributed by atoms with van der Waals surface area (Å²) in [5.74, 6) is 1.16. The Morgan fingerprint density at radius 3 is 2.61 bits per heavy atom. The van der Waals surface area contributed by atoms with Gasteiger partial charge in [0.25, 0.3) is 0 Å². The Morgan fingerprint density at radius 2 is 1.94 bits per heavy atom. The summed E-state index contributed by atoms with van der Waals surface area (Å²) in [6.45, 7) is 0.404. The third-order valence-corrected chi connectivity index (χ3v) is 2.47. The van der Waals surface area contributed by atoms with Crippen LogP contribution in [0.1, 0.15) is 15.9 Å². The maximum Gasteiger partial charge on any atom is 0.162 e. The highest BCUT2D eigenvalue weighted by Crippen LogP contribution is 2.28. The first-order chi connectivity index (χ1) is 8.83. The van der Waals surface area contributed by atoms with E-state index in [0.29, 0.717) is 23.7 Å². The van der Waals surface area contributed by atoms with E-state index in [1.54, 1.807) is 37.7 Å². The van der Waals surface area contributed by atoms with Gasteiger partial charge >= 0.3 is 0 Å². The van der Waals surface area contributed by atoms with Crippen LogP contribution in [-0.4, -0.2) is 18.4 Å². The second kappa shape index (κ2) is 5.82. The summed E-state index contributed by atoms with van der Waals surface area (Å²) >= 11 is 0. The first kappa shape index (κ1) is 12.1. The molecule has 4 heteroatoms. The third-order valence-electron chi connectivity index (χ3n) is 2.47. The molecule has 2 aromatic rings. The number of nitrogens with zero attached hydrogens (tertiary/aromatic N) is 1. The minimum absolute atomic E-state index is 0.404. The number of hydrogen-bond acceptors (Lipinski definition) is 4. The Balaban J connectivity index is 2.15. The maximum absolute atomic E-state index is 10.7. The van der Waals surface area contributed by atoms with Crippen LogP contribution in [0.3, 0.4) is 0 Å². The van der Waals surface area contributed by atoms with Crippen LogP contribution in [0.5, 0.6) is 11.5 Å². The Hall–Kier alpha value is -2.36. The highest BCUT2D eigenvalue weighted by molar-refractivity contribution is 5.76. The zero-order valence-electron chi connectivity index (χ0n) is 10.00. The van der Waals surface area contributed by atoms with Crippen molar-refractivity contribution in [1.82, 2.24) is 4.98 Å². The summed E-state index contributed by atoms with van der Waals surface area (Å²) in [4.78, 5) is 14.7. The first-order valence-corrected chi connectivity index (χ1v) is 5.48. The maximum atomic E-state index is 10.7. The summed E-state index contributed by atoms with van der Waals surface area (Å²) in [5, 5.41) is 0. The Bertz CT molecular complexity index is 526. The third kappa shape index (κ3) is 2.85. The van der Waals surface area contributed by atoms with E-state index in [9.17, 15) is 4.79 Å². The molecule has 0 fully saturated rings. The second-order valence-electron chi connectivity index (χ2n) is 3.67. The normalized spacial score (nSPS) is 9.83. The average Bonchev–Trinajstić information content (AvgIpc) is 2.45. The summed E-state index contributed by atoms with van der Waals surface area (Å²) in [7, 11) is 1.56. The quantitative estimate of drug-likeness (QED) is 0.757. The number of benzene rings is 1. The number of ether oxygens (including phenoxy) is 2. The van der Waals surface area contributed by atoms with Gasteiger partial charge in [-0.05, 0) is 35.9 Å². The molecular formula is C14H13NO3. The van der Waals surface area contributed by atoms with Crippen molar-refractivity contribution in [3.8, 4) is 11.5 Å². The lowest BCUT2D eigenvalue weighted by Gasteiger charge is -2.10. The molecule has 0 amide bonds. The number of hydrogen-bond donors (Lipinski definition) is 0. The van der Waals surface area contributed by atoms with E-state index in [1.807, 2.05) is 12.1 Å². The zero-order valence-corrected chi connectivity index (χ0v) is 10.00. The Kier molecular flexibility index (Phi) is 3.91. The van der Waals surface area contributed by atoms with Gasteiger partial charge in [-0.25, -0.2) is 0 Å². The van der Waals surface area contributed by atoms with Gasteiger partial charge in [-0.2, -0.15) is 0 Å². The summed E-state index contributed by atoms with van der Waals surface area (Å²) < 4.78 is 10.8. The minimum atomic E-state index is 0.404. The number of aldehydes is 1. The summed E-state index contributed by atoms with van der Waals surface area (Å²) in [6.07, 6.45) is 4.19. The van der Waals surface area contributed by atoms with Gasteiger partial charge in [0.15, 0.2) is 11.5 Å². The molecule has 92 valence electrons. The molecule has 0 atom stereocenters. The van der Waals surface area contributed by atoms with E-state index < -0.39 is 0 Å². The van der Waals surface area contributed by atoms with Crippen molar-refractivity contribution in [3.63, 3.8) is 0 Å². The zero-order chi connectivity index (χ0) is 12.8. The van der Waals surface area contributed by atoms with E-state index >= 15 is 0 Å². The lowest BCUT2D eigenvalue weighted by molar-refractivity contribution is 0.112. The highest BCUT2D eigenvalue weighted by atomic mass is 16.5. The minimum Gasteiger partial charge on any atom is -0.493 e. The lowest BCUT2D eigenvalue weighted by Crippen LogP contribution is -1.98. The second-order valence-corrected chi connectivity index (χ2v) is 3.67. The number of methoxy groups -OCH3 is 1. The van der Waals surface area contributed by atoms with Gasteiger partial charge in [-0.3, -0.25) is 9.78 Å². The number of rotatable bonds is 5.